The first kappa shape index (κ1) is 15.0. The molecule has 0 atom stereocenters. The number of nitrogens with two attached hydrogens (primary N) is 1. The third-order valence-corrected chi connectivity index (χ3v) is 3.15. The van der Waals surface area contributed by atoms with Gasteiger partial charge in [-0.05, 0) is 31.9 Å². The number of hydrogen-bond donors (Lipinski definition) is 1. The monoisotopic (exact) mass is 283 g/mol. The lowest BCUT2D eigenvalue weighted by Gasteiger charge is -2.17. The van der Waals surface area contributed by atoms with Gasteiger partial charge in [0, 0.05) is 25.0 Å². The molecule has 0 saturated heterocycles. The number of benzene rings is 1. The van der Waals surface area contributed by atoms with Crippen LogP contribution in [0, 0.1) is 13.8 Å². The molecule has 2 N–H and O–H groups in total. The Labute approximate surface area is 125 Å². The molecule has 1 aromatic carbocycles. The molecule has 0 bridgehead atoms. The van der Waals surface area contributed by atoms with E-state index in [1.165, 1.54) is 5.56 Å². The Bertz CT molecular complexity index is 602. The summed E-state index contributed by atoms with van der Waals surface area (Å²) in [5.74, 6) is 0.840. The molecule has 0 saturated carbocycles. The van der Waals surface area contributed by atoms with Crippen molar-refractivity contribution in [2.75, 3.05) is 13.6 Å². The van der Waals surface area contributed by atoms with Gasteiger partial charge >= 0.3 is 0 Å². The van der Waals surface area contributed by atoms with Crippen molar-refractivity contribution in [2.24, 2.45) is 10.7 Å². The van der Waals surface area contributed by atoms with Gasteiger partial charge in [0.2, 0.25) is 0 Å². The summed E-state index contributed by atoms with van der Waals surface area (Å²) in [4.78, 5) is 14.7. The van der Waals surface area contributed by atoms with Crippen LogP contribution in [0.2, 0.25) is 0 Å². The first-order valence-corrected chi connectivity index (χ1v) is 6.96. The lowest BCUT2D eigenvalue weighted by Crippen LogP contribution is -2.35. The highest BCUT2D eigenvalue weighted by Crippen LogP contribution is 2.08. The second kappa shape index (κ2) is 6.83. The minimum absolute atomic E-state index is 0.413. The van der Waals surface area contributed by atoms with Crippen LogP contribution in [0.25, 0.3) is 0 Å². The maximum atomic E-state index is 6.01. The van der Waals surface area contributed by atoms with Crippen LogP contribution < -0.4 is 5.73 Å². The van der Waals surface area contributed by atoms with Crippen LogP contribution in [0.3, 0.4) is 0 Å². The van der Waals surface area contributed by atoms with E-state index in [4.69, 9.17) is 5.73 Å². The normalized spacial score (nSPS) is 11.5. The Morgan fingerprint density at radius 3 is 2.38 bits per heavy atom. The molecule has 0 aliphatic carbocycles. The molecule has 1 heterocycles. The molecule has 21 heavy (non-hydrogen) atoms. The van der Waals surface area contributed by atoms with E-state index in [1.807, 2.05) is 50.1 Å². The Kier molecular flexibility index (Phi) is 4.87. The van der Waals surface area contributed by atoms with E-state index in [-0.39, 0.29) is 0 Å². The molecular formula is C16H21N5. The maximum absolute atomic E-state index is 6.01. The second-order valence-electron chi connectivity index (χ2n) is 5.08. The average Bonchev–Trinajstić information content (AvgIpc) is 2.44. The zero-order valence-corrected chi connectivity index (χ0v) is 12.7. The van der Waals surface area contributed by atoms with Crippen molar-refractivity contribution in [1.82, 2.24) is 14.9 Å². The van der Waals surface area contributed by atoms with Gasteiger partial charge in [0.1, 0.15) is 0 Å². The number of guanidine groups is 1. The minimum Gasteiger partial charge on any atom is -0.369 e. The highest BCUT2D eigenvalue weighted by Gasteiger charge is 2.05. The quantitative estimate of drug-likeness (QED) is 0.690. The third kappa shape index (κ3) is 4.56. The Balaban J connectivity index is 2.01. The fraction of sp³-hybridized carbons (Fsp3) is 0.312. The number of aryl methyl sites for hydroxylation is 2. The fourth-order valence-corrected chi connectivity index (χ4v) is 2.00. The van der Waals surface area contributed by atoms with Crippen molar-refractivity contribution in [1.29, 1.82) is 0 Å². The zero-order valence-electron chi connectivity index (χ0n) is 12.7. The summed E-state index contributed by atoms with van der Waals surface area (Å²) in [7, 11) is 1.92. The van der Waals surface area contributed by atoms with Gasteiger partial charge in [-0.1, -0.05) is 30.3 Å². The van der Waals surface area contributed by atoms with Gasteiger partial charge in [-0.15, -0.1) is 0 Å². The predicted molar refractivity (Wildman–Crippen MR) is 85.6 cm³/mol. The van der Waals surface area contributed by atoms with Crippen LogP contribution in [0.5, 0.6) is 0 Å². The fourth-order valence-electron chi connectivity index (χ4n) is 2.00. The van der Waals surface area contributed by atoms with E-state index in [2.05, 4.69) is 27.1 Å². The van der Waals surface area contributed by atoms with Crippen LogP contribution in [-0.4, -0.2) is 34.4 Å². The van der Waals surface area contributed by atoms with Gasteiger partial charge in [0.15, 0.2) is 5.96 Å². The molecule has 0 radical (unpaired) electrons. The first-order valence-electron chi connectivity index (χ1n) is 6.96. The number of likely N-dealkylation sites (N-methyl/N-ethyl adjacent to an activating group) is 1. The van der Waals surface area contributed by atoms with Crippen LogP contribution >= 0.6 is 0 Å². The highest BCUT2D eigenvalue weighted by molar-refractivity contribution is 5.79. The molecule has 0 aliphatic rings. The predicted octanol–water partition coefficient (Wildman–Crippen LogP) is 2.21. The Morgan fingerprint density at radius 1 is 1.14 bits per heavy atom. The Hall–Kier alpha value is -2.43. The standard InChI is InChI=1S/C16H21N5/c1-12-11-13(2)19-16(18-12)20-15(17)21(3)10-9-14-7-5-4-6-8-14/h4-8,11H,9-10H2,1-3H3,(H2,17,18,19,20). The van der Waals surface area contributed by atoms with Crippen LogP contribution in [0.4, 0.5) is 5.95 Å². The molecule has 0 unspecified atom stereocenters. The van der Waals surface area contributed by atoms with Crippen molar-refractivity contribution in [2.45, 2.75) is 20.3 Å². The summed E-state index contributed by atoms with van der Waals surface area (Å²) in [6.45, 7) is 4.64. The molecule has 2 rings (SSSR count). The first-order chi connectivity index (χ1) is 10.0. The number of rotatable bonds is 4. The van der Waals surface area contributed by atoms with Gasteiger partial charge < -0.3 is 10.6 Å². The van der Waals surface area contributed by atoms with Crippen molar-refractivity contribution < 1.29 is 0 Å². The summed E-state index contributed by atoms with van der Waals surface area (Å²) in [5, 5.41) is 0. The van der Waals surface area contributed by atoms with Crippen molar-refractivity contribution in [3.05, 3.63) is 53.3 Å². The van der Waals surface area contributed by atoms with E-state index >= 15 is 0 Å². The molecule has 5 nitrogen and oxygen atoms in total. The van der Waals surface area contributed by atoms with Crippen molar-refractivity contribution in [3.8, 4) is 0 Å². The second-order valence-corrected chi connectivity index (χ2v) is 5.08. The minimum atomic E-state index is 0.413. The SMILES string of the molecule is Cc1cc(C)nc(/N=C(\N)N(C)CCc2ccccc2)n1. The molecule has 110 valence electrons. The molecule has 0 fully saturated rings. The summed E-state index contributed by atoms with van der Waals surface area (Å²) in [6, 6.07) is 12.2. The molecule has 0 amide bonds. The Morgan fingerprint density at radius 2 is 1.76 bits per heavy atom. The van der Waals surface area contributed by atoms with Crippen LogP contribution in [0.15, 0.2) is 41.4 Å². The van der Waals surface area contributed by atoms with Gasteiger partial charge in [-0.25, -0.2) is 9.97 Å². The average molecular weight is 283 g/mol. The highest BCUT2D eigenvalue weighted by atomic mass is 15.3. The summed E-state index contributed by atoms with van der Waals surface area (Å²) in [6.07, 6.45) is 0.918. The third-order valence-electron chi connectivity index (χ3n) is 3.15. The zero-order chi connectivity index (χ0) is 15.2. The maximum Gasteiger partial charge on any atom is 0.253 e. The largest absolute Gasteiger partial charge is 0.369 e. The van der Waals surface area contributed by atoms with Gasteiger partial charge in [0.25, 0.3) is 5.95 Å². The molecular weight excluding hydrogens is 262 g/mol. The van der Waals surface area contributed by atoms with Crippen LogP contribution in [-0.2, 0) is 6.42 Å². The van der Waals surface area contributed by atoms with Crippen LogP contribution in [0.1, 0.15) is 17.0 Å². The molecule has 0 aliphatic heterocycles. The topological polar surface area (TPSA) is 67.4 Å². The summed E-state index contributed by atoms with van der Waals surface area (Å²) < 4.78 is 0. The van der Waals surface area contributed by atoms with E-state index in [0.29, 0.717) is 11.9 Å². The summed E-state index contributed by atoms with van der Waals surface area (Å²) in [5.41, 5.74) is 9.07. The number of aromatic nitrogens is 2. The number of aliphatic imine (C=N–C) groups is 1. The van der Waals surface area contributed by atoms with Crippen molar-refractivity contribution >= 4 is 11.9 Å². The van der Waals surface area contributed by atoms with Crippen molar-refractivity contribution in [3.63, 3.8) is 0 Å². The lowest BCUT2D eigenvalue weighted by molar-refractivity contribution is 0.502. The number of nitrogens with zero attached hydrogens (tertiary/aromatic N) is 4. The lowest BCUT2D eigenvalue weighted by atomic mass is 10.1. The smallest absolute Gasteiger partial charge is 0.253 e. The van der Waals surface area contributed by atoms with E-state index in [9.17, 15) is 0 Å². The van der Waals surface area contributed by atoms with Gasteiger partial charge in [-0.3, -0.25) is 0 Å². The molecule has 0 spiro atoms. The van der Waals surface area contributed by atoms with E-state index in [1.54, 1.807) is 0 Å². The van der Waals surface area contributed by atoms with Gasteiger partial charge in [-0.2, -0.15) is 4.99 Å². The molecule has 5 heteroatoms. The van der Waals surface area contributed by atoms with E-state index in [0.717, 1.165) is 24.4 Å². The molecule has 2 aromatic rings. The summed E-state index contributed by atoms with van der Waals surface area (Å²) >= 11 is 0. The van der Waals surface area contributed by atoms with Gasteiger partial charge in [0.05, 0.1) is 0 Å². The molecule has 1 aromatic heterocycles. The van der Waals surface area contributed by atoms with E-state index < -0.39 is 0 Å². The number of hydrogen-bond acceptors (Lipinski definition) is 3.